The summed E-state index contributed by atoms with van der Waals surface area (Å²) in [6.45, 7) is 4.99. The molecule has 0 amide bonds. The van der Waals surface area contributed by atoms with Crippen molar-refractivity contribution in [2.45, 2.75) is 20.0 Å². The summed E-state index contributed by atoms with van der Waals surface area (Å²) in [5.74, 6) is 0.773. The predicted octanol–water partition coefficient (Wildman–Crippen LogP) is 1.50. The van der Waals surface area contributed by atoms with Gasteiger partial charge in [0.15, 0.2) is 0 Å². The fourth-order valence-electron chi connectivity index (χ4n) is 1.81. The van der Waals surface area contributed by atoms with Gasteiger partial charge in [0.2, 0.25) is 0 Å². The first-order valence-electron chi connectivity index (χ1n) is 5.96. The zero-order valence-electron chi connectivity index (χ0n) is 11.2. The molecule has 0 heterocycles. The van der Waals surface area contributed by atoms with Gasteiger partial charge in [0.1, 0.15) is 18.5 Å². The van der Waals surface area contributed by atoms with Gasteiger partial charge in [0, 0.05) is 6.54 Å². The number of aliphatic hydroxyl groups excluding tert-OH is 1. The van der Waals surface area contributed by atoms with Crippen molar-refractivity contribution < 1.29 is 9.84 Å². The minimum Gasteiger partial charge on any atom is -0.491 e. The first kappa shape index (κ1) is 14.5. The van der Waals surface area contributed by atoms with E-state index in [0.717, 1.165) is 16.9 Å². The lowest BCUT2D eigenvalue weighted by Crippen LogP contribution is -2.33. The molecular weight excluding hydrogens is 228 g/mol. The Morgan fingerprint density at radius 3 is 2.50 bits per heavy atom. The van der Waals surface area contributed by atoms with Gasteiger partial charge in [-0.15, -0.1) is 0 Å². The maximum absolute atomic E-state index is 9.77. The molecule has 0 aliphatic carbocycles. The quantitative estimate of drug-likeness (QED) is 0.775. The highest BCUT2D eigenvalue weighted by molar-refractivity contribution is 5.32. The Hall–Kier alpha value is -1.57. The fourth-order valence-corrected chi connectivity index (χ4v) is 1.81. The highest BCUT2D eigenvalue weighted by Gasteiger charge is 2.09. The van der Waals surface area contributed by atoms with Crippen molar-refractivity contribution in [1.29, 1.82) is 5.26 Å². The van der Waals surface area contributed by atoms with Gasteiger partial charge in [-0.25, -0.2) is 0 Å². The second-order valence-corrected chi connectivity index (χ2v) is 4.64. The summed E-state index contributed by atoms with van der Waals surface area (Å²) < 4.78 is 5.55. The molecule has 0 aliphatic rings. The molecule has 4 heteroatoms. The van der Waals surface area contributed by atoms with Crippen LogP contribution in [0.15, 0.2) is 18.2 Å². The number of rotatable bonds is 6. The number of hydrogen-bond donors (Lipinski definition) is 1. The van der Waals surface area contributed by atoms with Crippen LogP contribution in [0.5, 0.6) is 5.75 Å². The highest BCUT2D eigenvalue weighted by atomic mass is 16.5. The molecule has 98 valence electrons. The number of nitriles is 1. The molecule has 1 N–H and O–H groups in total. The SMILES string of the molecule is Cc1cc(C)cc(OCC(O)CN(C)CC#N)c1. The molecule has 0 aromatic heterocycles. The van der Waals surface area contributed by atoms with Crippen LogP contribution in [-0.4, -0.2) is 42.9 Å². The predicted molar refractivity (Wildman–Crippen MR) is 70.5 cm³/mol. The number of aliphatic hydroxyl groups is 1. The first-order valence-corrected chi connectivity index (χ1v) is 5.96. The topological polar surface area (TPSA) is 56.5 Å². The van der Waals surface area contributed by atoms with Crippen LogP contribution in [0, 0.1) is 25.2 Å². The molecular formula is C14H20N2O2. The number of benzene rings is 1. The van der Waals surface area contributed by atoms with Crippen LogP contribution in [0.2, 0.25) is 0 Å². The van der Waals surface area contributed by atoms with E-state index in [2.05, 4.69) is 6.07 Å². The number of likely N-dealkylation sites (N-methyl/N-ethyl adjacent to an activating group) is 1. The molecule has 0 bridgehead atoms. The Balaban J connectivity index is 2.42. The summed E-state index contributed by atoms with van der Waals surface area (Å²) in [6.07, 6.45) is -0.593. The van der Waals surface area contributed by atoms with Crippen molar-refractivity contribution >= 4 is 0 Å². The van der Waals surface area contributed by atoms with Crippen molar-refractivity contribution in [2.24, 2.45) is 0 Å². The van der Waals surface area contributed by atoms with Gasteiger partial charge >= 0.3 is 0 Å². The third kappa shape index (κ3) is 5.17. The van der Waals surface area contributed by atoms with Gasteiger partial charge in [0.05, 0.1) is 12.6 Å². The molecule has 0 radical (unpaired) electrons. The normalized spacial score (nSPS) is 12.2. The summed E-state index contributed by atoms with van der Waals surface area (Å²) in [4.78, 5) is 1.76. The average molecular weight is 248 g/mol. The van der Waals surface area contributed by atoms with E-state index < -0.39 is 6.10 Å². The van der Waals surface area contributed by atoms with Gasteiger partial charge < -0.3 is 9.84 Å². The fraction of sp³-hybridized carbons (Fsp3) is 0.500. The van der Waals surface area contributed by atoms with Crippen LogP contribution in [0.4, 0.5) is 0 Å². The zero-order chi connectivity index (χ0) is 13.5. The number of aryl methyl sites for hydroxylation is 2. The lowest BCUT2D eigenvalue weighted by atomic mass is 10.1. The van der Waals surface area contributed by atoms with Gasteiger partial charge in [-0.05, 0) is 44.2 Å². The third-order valence-corrected chi connectivity index (χ3v) is 2.50. The summed E-state index contributed by atoms with van der Waals surface area (Å²) in [6, 6.07) is 8.00. The van der Waals surface area contributed by atoms with E-state index in [4.69, 9.17) is 10.00 Å². The van der Waals surface area contributed by atoms with Crippen molar-refractivity contribution in [1.82, 2.24) is 4.90 Å². The summed E-state index contributed by atoms with van der Waals surface area (Å²) in [5, 5.41) is 18.3. The van der Waals surface area contributed by atoms with Gasteiger partial charge in [-0.1, -0.05) is 6.07 Å². The van der Waals surface area contributed by atoms with Gasteiger partial charge in [0.25, 0.3) is 0 Å². The van der Waals surface area contributed by atoms with E-state index in [0.29, 0.717) is 13.1 Å². The van der Waals surface area contributed by atoms with Crippen molar-refractivity contribution in [3.8, 4) is 11.8 Å². The molecule has 1 rings (SSSR count). The smallest absolute Gasteiger partial charge is 0.119 e. The van der Waals surface area contributed by atoms with E-state index in [1.165, 1.54) is 0 Å². The Labute approximate surface area is 108 Å². The average Bonchev–Trinajstić information content (AvgIpc) is 2.25. The monoisotopic (exact) mass is 248 g/mol. The standard InChI is InChI=1S/C14H20N2O2/c1-11-6-12(2)8-14(7-11)18-10-13(17)9-16(3)5-4-15/h6-8,13,17H,5,9-10H2,1-3H3. The summed E-state index contributed by atoms with van der Waals surface area (Å²) >= 11 is 0. The lowest BCUT2D eigenvalue weighted by molar-refractivity contribution is 0.0798. The van der Waals surface area contributed by atoms with E-state index in [9.17, 15) is 5.11 Å². The minimum absolute atomic E-state index is 0.235. The van der Waals surface area contributed by atoms with Crippen molar-refractivity contribution in [3.05, 3.63) is 29.3 Å². The molecule has 1 atom stereocenters. The number of hydrogen-bond acceptors (Lipinski definition) is 4. The second kappa shape index (κ2) is 7.00. The lowest BCUT2D eigenvalue weighted by Gasteiger charge is -2.18. The molecule has 0 aliphatic heterocycles. The van der Waals surface area contributed by atoms with E-state index in [-0.39, 0.29) is 6.61 Å². The Morgan fingerprint density at radius 2 is 1.94 bits per heavy atom. The zero-order valence-corrected chi connectivity index (χ0v) is 11.2. The van der Waals surface area contributed by atoms with Crippen LogP contribution in [-0.2, 0) is 0 Å². The number of ether oxygens (including phenoxy) is 1. The third-order valence-electron chi connectivity index (χ3n) is 2.50. The molecule has 0 saturated carbocycles. The molecule has 18 heavy (non-hydrogen) atoms. The Kier molecular flexibility index (Phi) is 5.63. The maximum atomic E-state index is 9.77. The Bertz CT molecular complexity index is 406. The van der Waals surface area contributed by atoms with Crippen LogP contribution < -0.4 is 4.74 Å². The van der Waals surface area contributed by atoms with E-state index in [1.807, 2.05) is 32.0 Å². The van der Waals surface area contributed by atoms with E-state index in [1.54, 1.807) is 11.9 Å². The van der Waals surface area contributed by atoms with Crippen molar-refractivity contribution in [3.63, 3.8) is 0 Å². The van der Waals surface area contributed by atoms with Gasteiger partial charge in [-0.2, -0.15) is 5.26 Å². The van der Waals surface area contributed by atoms with Gasteiger partial charge in [-0.3, -0.25) is 4.90 Å². The molecule has 1 unspecified atom stereocenters. The molecule has 0 spiro atoms. The van der Waals surface area contributed by atoms with E-state index >= 15 is 0 Å². The van der Waals surface area contributed by atoms with Crippen LogP contribution >= 0.6 is 0 Å². The minimum atomic E-state index is -0.593. The summed E-state index contributed by atoms with van der Waals surface area (Å²) in [5.41, 5.74) is 2.28. The molecule has 0 fully saturated rings. The molecule has 0 saturated heterocycles. The maximum Gasteiger partial charge on any atom is 0.119 e. The number of nitrogens with zero attached hydrogens (tertiary/aromatic N) is 2. The largest absolute Gasteiger partial charge is 0.491 e. The molecule has 1 aromatic carbocycles. The molecule has 1 aromatic rings. The van der Waals surface area contributed by atoms with Crippen LogP contribution in [0.1, 0.15) is 11.1 Å². The Morgan fingerprint density at radius 1 is 1.33 bits per heavy atom. The second-order valence-electron chi connectivity index (χ2n) is 4.64. The first-order chi connectivity index (χ1) is 8.51. The highest BCUT2D eigenvalue weighted by Crippen LogP contribution is 2.16. The van der Waals surface area contributed by atoms with Crippen molar-refractivity contribution in [2.75, 3.05) is 26.7 Å². The van der Waals surface area contributed by atoms with Crippen LogP contribution in [0.25, 0.3) is 0 Å². The van der Waals surface area contributed by atoms with Crippen LogP contribution in [0.3, 0.4) is 0 Å². The summed E-state index contributed by atoms with van der Waals surface area (Å²) in [7, 11) is 1.79. The molecule has 4 nitrogen and oxygen atoms in total.